The molecule has 0 aliphatic rings. The quantitative estimate of drug-likeness (QED) is 0.784. The summed E-state index contributed by atoms with van der Waals surface area (Å²) in [6, 6.07) is 7.84. The Morgan fingerprint density at radius 2 is 1.88 bits per heavy atom. The molecule has 0 unspecified atom stereocenters. The number of benzene rings is 1. The van der Waals surface area contributed by atoms with Crippen molar-refractivity contribution in [3.05, 3.63) is 24.3 Å². The minimum absolute atomic E-state index is 0.208. The van der Waals surface area contributed by atoms with Crippen LogP contribution < -0.4 is 0 Å². The van der Waals surface area contributed by atoms with Gasteiger partial charge < -0.3 is 0 Å². The van der Waals surface area contributed by atoms with Crippen molar-refractivity contribution in [1.29, 1.82) is 5.26 Å². The van der Waals surface area contributed by atoms with Crippen molar-refractivity contribution in [2.24, 2.45) is 0 Å². The van der Waals surface area contributed by atoms with Crippen LogP contribution in [-0.2, 0) is 10.0 Å². The van der Waals surface area contributed by atoms with Crippen LogP contribution in [-0.4, -0.2) is 32.1 Å². The average molecular weight is 270 g/mol. The highest BCUT2D eigenvalue weighted by molar-refractivity contribution is 7.98. The van der Waals surface area contributed by atoms with Gasteiger partial charge in [0.05, 0.1) is 11.0 Å². The van der Waals surface area contributed by atoms with E-state index in [9.17, 15) is 8.42 Å². The summed E-state index contributed by atoms with van der Waals surface area (Å²) in [7, 11) is -2.17. The number of nitrogens with zero attached hydrogens (tertiary/aromatic N) is 2. The SMILES string of the molecule is CSc1ccc(S(=O)(=O)N(C)[C@H](C)C#N)cc1. The lowest BCUT2D eigenvalue weighted by molar-refractivity contribution is 0.442. The van der Waals surface area contributed by atoms with E-state index in [-0.39, 0.29) is 4.90 Å². The van der Waals surface area contributed by atoms with E-state index in [2.05, 4.69) is 0 Å². The first-order valence-corrected chi connectivity index (χ1v) is 7.61. The zero-order chi connectivity index (χ0) is 13.1. The van der Waals surface area contributed by atoms with Crippen LogP contribution in [0.5, 0.6) is 0 Å². The van der Waals surface area contributed by atoms with Gasteiger partial charge in [-0.1, -0.05) is 0 Å². The van der Waals surface area contributed by atoms with Crippen molar-refractivity contribution in [1.82, 2.24) is 4.31 Å². The Morgan fingerprint density at radius 1 is 1.35 bits per heavy atom. The molecule has 0 saturated heterocycles. The summed E-state index contributed by atoms with van der Waals surface area (Å²) in [5.74, 6) is 0. The number of sulfonamides is 1. The summed E-state index contributed by atoms with van der Waals surface area (Å²) in [5, 5.41) is 8.74. The molecule has 0 aliphatic heterocycles. The lowest BCUT2D eigenvalue weighted by Gasteiger charge is -2.19. The molecule has 17 heavy (non-hydrogen) atoms. The molecule has 0 heterocycles. The van der Waals surface area contributed by atoms with E-state index in [1.165, 1.54) is 7.05 Å². The van der Waals surface area contributed by atoms with Gasteiger partial charge in [0.25, 0.3) is 0 Å². The maximum absolute atomic E-state index is 12.1. The Labute approximate surface area is 106 Å². The van der Waals surface area contributed by atoms with Crippen LogP contribution in [0, 0.1) is 11.3 Å². The largest absolute Gasteiger partial charge is 0.244 e. The molecule has 1 atom stereocenters. The van der Waals surface area contributed by atoms with Gasteiger partial charge in [-0.25, -0.2) is 8.42 Å². The van der Waals surface area contributed by atoms with Gasteiger partial charge in [-0.3, -0.25) is 0 Å². The summed E-state index contributed by atoms with van der Waals surface area (Å²) >= 11 is 1.55. The summed E-state index contributed by atoms with van der Waals surface area (Å²) in [6.07, 6.45) is 1.92. The molecule has 0 N–H and O–H groups in total. The highest BCUT2D eigenvalue weighted by Gasteiger charge is 2.24. The normalized spacial score (nSPS) is 13.4. The minimum Gasteiger partial charge on any atom is -0.207 e. The monoisotopic (exact) mass is 270 g/mol. The third-order valence-electron chi connectivity index (χ3n) is 2.47. The Kier molecular flexibility index (Phi) is 4.57. The van der Waals surface area contributed by atoms with Crippen LogP contribution in [0.1, 0.15) is 6.92 Å². The Bertz CT molecular complexity index is 517. The van der Waals surface area contributed by atoms with Gasteiger partial charge in [0.15, 0.2) is 0 Å². The molecular formula is C11H14N2O2S2. The van der Waals surface area contributed by atoms with E-state index in [1.807, 2.05) is 12.3 Å². The van der Waals surface area contributed by atoms with Gasteiger partial charge in [-0.15, -0.1) is 11.8 Å². The third-order valence-corrected chi connectivity index (χ3v) is 5.15. The molecule has 0 bridgehead atoms. The number of nitriles is 1. The Balaban J connectivity index is 3.09. The maximum atomic E-state index is 12.1. The Hall–Kier alpha value is -1.03. The van der Waals surface area contributed by atoms with Crippen molar-refractivity contribution in [2.75, 3.05) is 13.3 Å². The summed E-state index contributed by atoms with van der Waals surface area (Å²) in [4.78, 5) is 1.21. The van der Waals surface area contributed by atoms with Crippen molar-refractivity contribution in [3.8, 4) is 6.07 Å². The van der Waals surface area contributed by atoms with E-state index in [0.29, 0.717) is 0 Å². The van der Waals surface area contributed by atoms with E-state index < -0.39 is 16.1 Å². The first-order valence-electron chi connectivity index (χ1n) is 4.95. The van der Waals surface area contributed by atoms with E-state index >= 15 is 0 Å². The van der Waals surface area contributed by atoms with Crippen LogP contribution in [0.3, 0.4) is 0 Å². The number of thioether (sulfide) groups is 1. The van der Waals surface area contributed by atoms with Crippen molar-refractivity contribution in [2.45, 2.75) is 22.8 Å². The maximum Gasteiger partial charge on any atom is 0.244 e. The second kappa shape index (κ2) is 5.54. The third kappa shape index (κ3) is 3.00. The minimum atomic E-state index is -3.57. The zero-order valence-electron chi connectivity index (χ0n) is 9.91. The highest BCUT2D eigenvalue weighted by atomic mass is 32.2. The molecule has 1 aromatic carbocycles. The van der Waals surface area contributed by atoms with Crippen LogP contribution in [0.25, 0.3) is 0 Å². The van der Waals surface area contributed by atoms with Gasteiger partial charge in [0, 0.05) is 11.9 Å². The molecule has 1 aromatic rings. The topological polar surface area (TPSA) is 61.2 Å². The molecular weight excluding hydrogens is 256 g/mol. The molecule has 6 heteroatoms. The average Bonchev–Trinajstić information content (AvgIpc) is 2.36. The second-order valence-corrected chi connectivity index (χ2v) is 6.38. The number of rotatable bonds is 4. The molecule has 1 rings (SSSR count). The Morgan fingerprint density at radius 3 is 2.29 bits per heavy atom. The second-order valence-electron chi connectivity index (χ2n) is 3.50. The summed E-state index contributed by atoms with van der Waals surface area (Å²) in [6.45, 7) is 1.55. The molecule has 0 aliphatic carbocycles. The van der Waals surface area contributed by atoms with E-state index in [4.69, 9.17) is 5.26 Å². The molecule has 4 nitrogen and oxygen atoms in total. The van der Waals surface area contributed by atoms with Gasteiger partial charge in [0.2, 0.25) is 10.0 Å². The summed E-state index contributed by atoms with van der Waals surface area (Å²) < 4.78 is 25.3. The van der Waals surface area contributed by atoms with E-state index in [1.54, 1.807) is 43.0 Å². The van der Waals surface area contributed by atoms with Gasteiger partial charge in [0.1, 0.15) is 6.04 Å². The fourth-order valence-corrected chi connectivity index (χ4v) is 2.89. The first-order chi connectivity index (χ1) is 7.93. The lowest BCUT2D eigenvalue weighted by Crippen LogP contribution is -2.34. The first kappa shape index (κ1) is 14.0. The smallest absolute Gasteiger partial charge is 0.207 e. The standard InChI is InChI=1S/C11H14N2O2S2/c1-9(8-12)13(2)17(14,15)11-6-4-10(16-3)5-7-11/h4-7,9H,1-3H3/t9-/m1/s1. The molecule has 92 valence electrons. The fraction of sp³-hybridized carbons (Fsp3) is 0.364. The lowest BCUT2D eigenvalue weighted by atomic mass is 10.4. The van der Waals surface area contributed by atoms with Crippen LogP contribution in [0.2, 0.25) is 0 Å². The van der Waals surface area contributed by atoms with E-state index in [0.717, 1.165) is 9.20 Å². The number of hydrogen-bond acceptors (Lipinski definition) is 4. The van der Waals surface area contributed by atoms with Gasteiger partial charge >= 0.3 is 0 Å². The van der Waals surface area contributed by atoms with Crippen LogP contribution in [0.4, 0.5) is 0 Å². The molecule has 0 aromatic heterocycles. The van der Waals surface area contributed by atoms with Crippen molar-refractivity contribution in [3.63, 3.8) is 0 Å². The van der Waals surface area contributed by atoms with Crippen molar-refractivity contribution >= 4 is 21.8 Å². The molecule has 0 amide bonds. The molecule has 0 spiro atoms. The fourth-order valence-electron chi connectivity index (χ4n) is 1.20. The van der Waals surface area contributed by atoms with Gasteiger partial charge in [-0.2, -0.15) is 9.57 Å². The zero-order valence-corrected chi connectivity index (χ0v) is 11.5. The van der Waals surface area contributed by atoms with Crippen molar-refractivity contribution < 1.29 is 8.42 Å². The predicted octanol–water partition coefficient (Wildman–Crippen LogP) is 1.94. The highest BCUT2D eigenvalue weighted by Crippen LogP contribution is 2.20. The summed E-state index contributed by atoms with van der Waals surface area (Å²) in [5.41, 5.74) is 0. The van der Waals surface area contributed by atoms with Crippen LogP contribution in [0.15, 0.2) is 34.1 Å². The molecule has 0 fully saturated rings. The van der Waals surface area contributed by atoms with Crippen LogP contribution >= 0.6 is 11.8 Å². The molecule has 0 radical (unpaired) electrons. The van der Waals surface area contributed by atoms with Gasteiger partial charge in [-0.05, 0) is 37.4 Å². The number of hydrogen-bond donors (Lipinski definition) is 0. The predicted molar refractivity (Wildman–Crippen MR) is 68.2 cm³/mol. The molecule has 0 saturated carbocycles.